The lowest BCUT2D eigenvalue weighted by atomic mass is 9.95. The number of unbranched alkanes of at least 4 members (excludes halogenated alkanes) is 1. The van der Waals surface area contributed by atoms with Gasteiger partial charge in [0.2, 0.25) is 0 Å². The molecule has 1 aliphatic heterocycles. The molecule has 0 aliphatic carbocycles. The van der Waals surface area contributed by atoms with Gasteiger partial charge in [0.25, 0.3) is 11.7 Å². The molecule has 1 atom stereocenters. The van der Waals surface area contributed by atoms with Gasteiger partial charge in [-0.3, -0.25) is 9.59 Å². The Labute approximate surface area is 220 Å². The summed E-state index contributed by atoms with van der Waals surface area (Å²) in [5.74, 6) is -0.0166. The fourth-order valence-electron chi connectivity index (χ4n) is 4.57. The zero-order chi connectivity index (χ0) is 26.8. The largest absolute Gasteiger partial charge is 0.507 e. The summed E-state index contributed by atoms with van der Waals surface area (Å²) in [4.78, 5) is 30.4. The zero-order valence-electron chi connectivity index (χ0n) is 22.5. The van der Waals surface area contributed by atoms with Gasteiger partial charge in [-0.15, -0.1) is 0 Å². The normalized spacial score (nSPS) is 17.0. The van der Waals surface area contributed by atoms with Crippen LogP contribution in [0.1, 0.15) is 64.1 Å². The third kappa shape index (κ3) is 6.92. The third-order valence-corrected chi connectivity index (χ3v) is 6.71. The van der Waals surface area contributed by atoms with Crippen LogP contribution in [0.3, 0.4) is 0 Å². The van der Waals surface area contributed by atoms with Gasteiger partial charge in [0, 0.05) is 12.1 Å². The minimum absolute atomic E-state index is 0.108. The molecule has 7 heteroatoms. The Bertz CT molecular complexity index is 1060. The van der Waals surface area contributed by atoms with Crippen LogP contribution in [0, 0.1) is 0 Å². The van der Waals surface area contributed by atoms with Gasteiger partial charge in [-0.05, 0) is 81.4 Å². The van der Waals surface area contributed by atoms with Gasteiger partial charge in [-0.1, -0.05) is 39.3 Å². The van der Waals surface area contributed by atoms with E-state index in [1.54, 1.807) is 29.2 Å². The second kappa shape index (κ2) is 13.8. The number of ether oxygens (including phenoxy) is 2. The molecule has 1 N–H and O–H groups in total. The Hall–Kier alpha value is -3.32. The topological polar surface area (TPSA) is 79.3 Å². The molecule has 2 aromatic rings. The number of rotatable bonds is 14. The molecule has 0 aromatic heterocycles. The van der Waals surface area contributed by atoms with Crippen LogP contribution in [-0.4, -0.2) is 66.0 Å². The van der Waals surface area contributed by atoms with Gasteiger partial charge in [-0.2, -0.15) is 0 Å². The molecule has 7 nitrogen and oxygen atoms in total. The number of hydrogen-bond donors (Lipinski definition) is 1. The molecule has 1 aliphatic rings. The smallest absolute Gasteiger partial charge is 0.295 e. The average molecular weight is 509 g/mol. The quantitative estimate of drug-likeness (QED) is 0.159. The van der Waals surface area contributed by atoms with Crippen molar-refractivity contribution in [2.75, 3.05) is 39.4 Å². The van der Waals surface area contributed by atoms with E-state index >= 15 is 0 Å². The van der Waals surface area contributed by atoms with Gasteiger partial charge in [-0.25, -0.2) is 0 Å². The molecule has 200 valence electrons. The summed E-state index contributed by atoms with van der Waals surface area (Å²) < 4.78 is 11.3. The first kappa shape index (κ1) is 28.3. The van der Waals surface area contributed by atoms with Crippen LogP contribution in [0.5, 0.6) is 11.5 Å². The van der Waals surface area contributed by atoms with Crippen molar-refractivity contribution in [3.63, 3.8) is 0 Å². The second-order valence-electron chi connectivity index (χ2n) is 9.10. The van der Waals surface area contributed by atoms with Crippen molar-refractivity contribution in [3.05, 3.63) is 65.2 Å². The molecule has 1 amide bonds. The van der Waals surface area contributed by atoms with Crippen molar-refractivity contribution in [3.8, 4) is 11.5 Å². The number of hydrogen-bond acceptors (Lipinski definition) is 6. The van der Waals surface area contributed by atoms with Crippen molar-refractivity contribution in [1.29, 1.82) is 0 Å². The summed E-state index contributed by atoms with van der Waals surface area (Å²) in [6.45, 7) is 12.5. The van der Waals surface area contributed by atoms with Crippen LogP contribution in [0.25, 0.3) is 5.76 Å². The molecule has 0 radical (unpaired) electrons. The fourth-order valence-corrected chi connectivity index (χ4v) is 4.57. The number of amides is 1. The van der Waals surface area contributed by atoms with E-state index in [2.05, 4.69) is 25.7 Å². The molecule has 1 unspecified atom stereocenters. The van der Waals surface area contributed by atoms with E-state index in [1.807, 2.05) is 31.2 Å². The van der Waals surface area contributed by atoms with Gasteiger partial charge in [0.1, 0.15) is 17.3 Å². The third-order valence-electron chi connectivity index (χ3n) is 6.71. The van der Waals surface area contributed by atoms with Crippen molar-refractivity contribution in [1.82, 2.24) is 9.80 Å². The molecule has 37 heavy (non-hydrogen) atoms. The second-order valence-corrected chi connectivity index (χ2v) is 9.10. The molecule has 3 rings (SSSR count). The number of carbonyl (C=O) groups is 2. The summed E-state index contributed by atoms with van der Waals surface area (Å²) in [5, 5.41) is 11.3. The van der Waals surface area contributed by atoms with Crippen LogP contribution in [0.4, 0.5) is 0 Å². The molecule has 0 bridgehead atoms. The number of carbonyl (C=O) groups excluding carboxylic acids is 2. The minimum atomic E-state index is -0.673. The molecular weight excluding hydrogens is 468 g/mol. The number of aliphatic hydroxyl groups excluding tert-OH is 1. The number of likely N-dealkylation sites (tertiary alicyclic amines) is 1. The highest BCUT2D eigenvalue weighted by Crippen LogP contribution is 2.40. The van der Waals surface area contributed by atoms with Crippen molar-refractivity contribution in [2.24, 2.45) is 0 Å². The van der Waals surface area contributed by atoms with E-state index in [4.69, 9.17) is 9.47 Å². The lowest BCUT2D eigenvalue weighted by Crippen LogP contribution is -2.33. The van der Waals surface area contributed by atoms with E-state index in [1.165, 1.54) is 0 Å². The van der Waals surface area contributed by atoms with E-state index in [0.717, 1.165) is 50.2 Å². The van der Waals surface area contributed by atoms with E-state index in [9.17, 15) is 14.7 Å². The van der Waals surface area contributed by atoms with Crippen molar-refractivity contribution in [2.45, 2.75) is 53.0 Å². The number of ketones is 1. The highest BCUT2D eigenvalue weighted by molar-refractivity contribution is 6.46. The summed E-state index contributed by atoms with van der Waals surface area (Å²) >= 11 is 0. The number of benzene rings is 2. The maximum Gasteiger partial charge on any atom is 0.295 e. The maximum absolute atomic E-state index is 13.3. The highest BCUT2D eigenvalue weighted by Gasteiger charge is 2.45. The zero-order valence-corrected chi connectivity index (χ0v) is 22.5. The molecule has 0 saturated carbocycles. The number of nitrogens with zero attached hydrogens (tertiary/aromatic N) is 2. The summed E-state index contributed by atoms with van der Waals surface area (Å²) in [6, 6.07) is 13.7. The van der Waals surface area contributed by atoms with E-state index in [0.29, 0.717) is 31.1 Å². The Kier molecular flexibility index (Phi) is 10.6. The predicted octanol–water partition coefficient (Wildman–Crippen LogP) is 5.42. The maximum atomic E-state index is 13.3. The molecule has 2 aromatic carbocycles. The number of Topliss-reactive ketones (excluding diaryl/α,β-unsaturated/α-hetero) is 1. The Morgan fingerprint density at radius 1 is 0.892 bits per heavy atom. The average Bonchev–Trinajstić information content (AvgIpc) is 3.17. The molecule has 1 saturated heterocycles. The van der Waals surface area contributed by atoms with Gasteiger partial charge in [0.15, 0.2) is 0 Å². The number of aliphatic hydroxyl groups is 1. The van der Waals surface area contributed by atoms with Crippen molar-refractivity contribution < 1.29 is 24.2 Å². The van der Waals surface area contributed by atoms with Crippen LogP contribution < -0.4 is 9.47 Å². The molecule has 1 heterocycles. The van der Waals surface area contributed by atoms with Gasteiger partial charge >= 0.3 is 0 Å². The predicted molar refractivity (Wildman–Crippen MR) is 146 cm³/mol. The van der Waals surface area contributed by atoms with Crippen LogP contribution in [0.2, 0.25) is 0 Å². The monoisotopic (exact) mass is 508 g/mol. The Balaban J connectivity index is 1.96. The Morgan fingerprint density at radius 3 is 2.11 bits per heavy atom. The highest BCUT2D eigenvalue weighted by atomic mass is 16.5. The molecule has 1 fully saturated rings. The molecule has 0 spiro atoms. The standard InChI is InChI=1S/C30H40N2O5/c1-5-9-21-37-25-15-11-22(12-16-25)27-26(28(33)23-13-17-24(18-14-23)36-8-4)29(34)30(35)32(27)20-10-19-31(6-2)7-3/h11-18,27,33H,5-10,19-21H2,1-4H3/b28-26-. The lowest BCUT2D eigenvalue weighted by molar-refractivity contribution is -0.140. The van der Waals surface area contributed by atoms with E-state index in [-0.39, 0.29) is 11.3 Å². The SMILES string of the molecule is CCCCOc1ccc(C2/C(=C(/O)c3ccc(OCC)cc3)C(=O)C(=O)N2CCCN(CC)CC)cc1. The first-order valence-electron chi connectivity index (χ1n) is 13.4. The Morgan fingerprint density at radius 2 is 1.51 bits per heavy atom. The van der Waals surface area contributed by atoms with Crippen LogP contribution >= 0.6 is 0 Å². The molecular formula is C30H40N2O5. The van der Waals surface area contributed by atoms with Gasteiger partial charge < -0.3 is 24.4 Å². The minimum Gasteiger partial charge on any atom is -0.507 e. The summed E-state index contributed by atoms with van der Waals surface area (Å²) in [5.41, 5.74) is 1.34. The lowest BCUT2D eigenvalue weighted by Gasteiger charge is -2.27. The van der Waals surface area contributed by atoms with Crippen molar-refractivity contribution >= 4 is 17.4 Å². The summed E-state index contributed by atoms with van der Waals surface area (Å²) in [7, 11) is 0. The first-order valence-corrected chi connectivity index (χ1v) is 13.4. The summed E-state index contributed by atoms with van der Waals surface area (Å²) in [6.07, 6.45) is 2.74. The fraction of sp³-hybridized carbons (Fsp3) is 0.467. The van der Waals surface area contributed by atoms with Gasteiger partial charge in [0.05, 0.1) is 24.8 Å². The van der Waals surface area contributed by atoms with Crippen LogP contribution in [0.15, 0.2) is 54.1 Å². The van der Waals surface area contributed by atoms with E-state index < -0.39 is 17.7 Å². The first-order chi connectivity index (χ1) is 17.9. The van der Waals surface area contributed by atoms with Crippen LogP contribution in [-0.2, 0) is 9.59 Å².